The number of nitriles is 1. The lowest BCUT2D eigenvalue weighted by Crippen LogP contribution is -2.50. The van der Waals surface area contributed by atoms with Crippen LogP contribution in [0.25, 0.3) is 0 Å². The highest BCUT2D eigenvalue weighted by Gasteiger charge is 2.42. The molecule has 0 aliphatic carbocycles. The van der Waals surface area contributed by atoms with Crippen LogP contribution in [0.1, 0.15) is 51.5 Å². The van der Waals surface area contributed by atoms with Gasteiger partial charge >= 0.3 is 6.18 Å². The van der Waals surface area contributed by atoms with Gasteiger partial charge < -0.3 is 20.3 Å². The Labute approximate surface area is 226 Å². The van der Waals surface area contributed by atoms with Crippen LogP contribution in [0.5, 0.6) is 5.75 Å². The Hall–Kier alpha value is -3.33. The zero-order valence-corrected chi connectivity index (χ0v) is 22.3. The molecular formula is C27H36F3N5O4. The number of carbonyl (C=O) groups excluding carboxylic acids is 3. The zero-order chi connectivity index (χ0) is 28.6. The van der Waals surface area contributed by atoms with Crippen molar-refractivity contribution in [1.29, 1.82) is 5.26 Å². The summed E-state index contributed by atoms with van der Waals surface area (Å²) in [6.07, 6.45) is -1.53. The molecule has 0 spiro atoms. The van der Waals surface area contributed by atoms with E-state index in [-0.39, 0.29) is 36.6 Å². The summed E-state index contributed by atoms with van der Waals surface area (Å²) in [5.41, 5.74) is -0.825. The van der Waals surface area contributed by atoms with Crippen LogP contribution in [-0.2, 0) is 20.6 Å². The highest BCUT2D eigenvalue weighted by molar-refractivity contribution is 5.89. The van der Waals surface area contributed by atoms with Crippen LogP contribution >= 0.6 is 0 Å². The molecule has 2 aliphatic rings. The summed E-state index contributed by atoms with van der Waals surface area (Å²) < 4.78 is 44.0. The maximum Gasteiger partial charge on any atom is 0.416 e. The summed E-state index contributed by atoms with van der Waals surface area (Å²) in [4.78, 5) is 42.2. The van der Waals surface area contributed by atoms with Crippen molar-refractivity contribution in [3.8, 4) is 11.8 Å². The fraction of sp³-hybridized carbons (Fsp3) is 0.630. The molecule has 1 aromatic rings. The highest BCUT2D eigenvalue weighted by Crippen LogP contribution is 2.30. The van der Waals surface area contributed by atoms with E-state index in [1.807, 2.05) is 0 Å². The molecule has 3 amide bonds. The summed E-state index contributed by atoms with van der Waals surface area (Å²) in [6.45, 7) is 6.08. The molecule has 214 valence electrons. The van der Waals surface area contributed by atoms with Gasteiger partial charge in [-0.25, -0.2) is 0 Å². The fourth-order valence-electron chi connectivity index (χ4n) is 5.19. The molecule has 1 aromatic carbocycles. The molecule has 2 heterocycles. The number of amides is 3. The van der Waals surface area contributed by atoms with Gasteiger partial charge in [-0.05, 0) is 69.5 Å². The average Bonchev–Trinajstić information content (AvgIpc) is 3.53. The van der Waals surface area contributed by atoms with Gasteiger partial charge in [-0.1, -0.05) is 13.8 Å². The van der Waals surface area contributed by atoms with E-state index in [0.717, 1.165) is 50.2 Å². The van der Waals surface area contributed by atoms with Gasteiger partial charge in [0, 0.05) is 25.0 Å². The van der Waals surface area contributed by atoms with E-state index in [1.54, 1.807) is 0 Å². The third-order valence-electron chi connectivity index (χ3n) is 7.14. The molecule has 3 rings (SSSR count). The van der Waals surface area contributed by atoms with E-state index < -0.39 is 42.2 Å². The Balaban J connectivity index is 1.71. The zero-order valence-electron chi connectivity index (χ0n) is 22.3. The van der Waals surface area contributed by atoms with E-state index in [4.69, 9.17) is 4.74 Å². The summed E-state index contributed by atoms with van der Waals surface area (Å²) >= 11 is 0. The predicted molar refractivity (Wildman–Crippen MR) is 136 cm³/mol. The number of hydrogen-bond acceptors (Lipinski definition) is 6. The molecule has 0 radical (unpaired) electrons. The number of carbonyl (C=O) groups is 3. The minimum Gasteiger partial charge on any atom is -0.484 e. The number of hydrogen-bond donors (Lipinski definition) is 2. The van der Waals surface area contributed by atoms with Crippen LogP contribution in [-0.4, -0.2) is 78.4 Å². The number of likely N-dealkylation sites (tertiary alicyclic amines) is 1. The summed E-state index contributed by atoms with van der Waals surface area (Å²) in [5.74, 6) is -1.35. The second kappa shape index (κ2) is 13.6. The van der Waals surface area contributed by atoms with Crippen LogP contribution in [0, 0.1) is 17.2 Å². The van der Waals surface area contributed by atoms with Crippen molar-refractivity contribution in [2.75, 3.05) is 32.8 Å². The third-order valence-corrected chi connectivity index (χ3v) is 7.14. The summed E-state index contributed by atoms with van der Waals surface area (Å²) in [5, 5.41) is 15.1. The molecule has 12 heteroatoms. The number of alkyl halides is 3. The monoisotopic (exact) mass is 551 g/mol. The largest absolute Gasteiger partial charge is 0.484 e. The quantitative estimate of drug-likeness (QED) is 0.413. The van der Waals surface area contributed by atoms with E-state index in [0.29, 0.717) is 19.4 Å². The fourth-order valence-corrected chi connectivity index (χ4v) is 5.19. The molecule has 0 aromatic heterocycles. The smallest absolute Gasteiger partial charge is 0.416 e. The van der Waals surface area contributed by atoms with Crippen molar-refractivity contribution in [2.45, 2.75) is 70.3 Å². The number of halogens is 3. The summed E-state index contributed by atoms with van der Waals surface area (Å²) in [7, 11) is 0. The molecule has 2 aliphatic heterocycles. The number of ether oxygens (including phenoxy) is 1. The maximum absolute atomic E-state index is 13.4. The Morgan fingerprint density at radius 3 is 2.44 bits per heavy atom. The van der Waals surface area contributed by atoms with Gasteiger partial charge in [-0.3, -0.25) is 19.3 Å². The van der Waals surface area contributed by atoms with Gasteiger partial charge in [0.1, 0.15) is 17.8 Å². The van der Waals surface area contributed by atoms with Crippen molar-refractivity contribution in [1.82, 2.24) is 20.4 Å². The topological polar surface area (TPSA) is 115 Å². The molecule has 0 saturated carbocycles. The molecule has 2 fully saturated rings. The minimum atomic E-state index is -4.48. The second-order valence-corrected chi connectivity index (χ2v) is 10.0. The Bertz CT molecular complexity index is 1040. The van der Waals surface area contributed by atoms with E-state index >= 15 is 0 Å². The van der Waals surface area contributed by atoms with Crippen LogP contribution in [0.2, 0.25) is 0 Å². The first-order valence-corrected chi connectivity index (χ1v) is 13.4. The number of rotatable bonds is 12. The van der Waals surface area contributed by atoms with Crippen LogP contribution in [0.4, 0.5) is 13.2 Å². The van der Waals surface area contributed by atoms with Gasteiger partial charge in [0.05, 0.1) is 11.6 Å². The molecule has 4 atom stereocenters. The van der Waals surface area contributed by atoms with Crippen LogP contribution in [0.3, 0.4) is 0 Å². The van der Waals surface area contributed by atoms with Gasteiger partial charge in [0.15, 0.2) is 6.61 Å². The first-order valence-electron chi connectivity index (χ1n) is 13.4. The summed E-state index contributed by atoms with van der Waals surface area (Å²) in [6, 6.07) is 4.30. The first kappa shape index (κ1) is 30.2. The van der Waals surface area contributed by atoms with Crippen molar-refractivity contribution in [3.63, 3.8) is 0 Å². The van der Waals surface area contributed by atoms with Crippen LogP contribution in [0.15, 0.2) is 24.3 Å². The Kier molecular flexibility index (Phi) is 10.6. The Morgan fingerprint density at radius 1 is 1.23 bits per heavy atom. The lowest BCUT2D eigenvalue weighted by molar-refractivity contribution is -0.140. The first-order chi connectivity index (χ1) is 18.6. The average molecular weight is 552 g/mol. The molecule has 2 N–H and O–H groups in total. The number of benzene rings is 1. The maximum atomic E-state index is 13.4. The Morgan fingerprint density at radius 2 is 1.90 bits per heavy atom. The van der Waals surface area contributed by atoms with E-state index in [1.165, 1.54) is 4.90 Å². The molecule has 0 unspecified atom stereocenters. The molecular weight excluding hydrogens is 515 g/mol. The van der Waals surface area contributed by atoms with Crippen molar-refractivity contribution >= 4 is 17.7 Å². The van der Waals surface area contributed by atoms with Gasteiger partial charge in [-0.2, -0.15) is 18.4 Å². The predicted octanol–water partition coefficient (Wildman–Crippen LogP) is 2.71. The highest BCUT2D eigenvalue weighted by atomic mass is 19.4. The number of nitrogens with one attached hydrogen (secondary N) is 2. The van der Waals surface area contributed by atoms with Crippen LogP contribution < -0.4 is 15.4 Å². The molecule has 0 bridgehead atoms. The molecule has 39 heavy (non-hydrogen) atoms. The van der Waals surface area contributed by atoms with E-state index in [2.05, 4.69) is 35.5 Å². The third kappa shape index (κ3) is 8.08. The van der Waals surface area contributed by atoms with Crippen molar-refractivity contribution in [3.05, 3.63) is 29.8 Å². The van der Waals surface area contributed by atoms with Gasteiger partial charge in [0.2, 0.25) is 11.8 Å². The standard InChI is InChI=1S/C27H36F3N5O4/c1-3-11-34(12-4-2)21-14-23(26(38)33-20(15-31)13-18-9-10-32-25(18)37)35(16-21)24(36)17-39-22-7-5-19(6-8-22)27(28,29)30/h5-8,18,20-21,23H,3-4,9-14,16-17H2,1-2H3,(H,32,37)(H,33,38)/t18-,20-,21+,23-/m0/s1. The molecule has 9 nitrogen and oxygen atoms in total. The van der Waals surface area contributed by atoms with Crippen molar-refractivity contribution < 1.29 is 32.3 Å². The molecule has 2 saturated heterocycles. The van der Waals surface area contributed by atoms with Gasteiger partial charge in [0.25, 0.3) is 5.91 Å². The second-order valence-electron chi connectivity index (χ2n) is 10.0. The van der Waals surface area contributed by atoms with Gasteiger partial charge in [-0.15, -0.1) is 0 Å². The normalized spacial score (nSPS) is 21.9. The number of nitrogens with zero attached hydrogens (tertiary/aromatic N) is 3. The lowest BCUT2D eigenvalue weighted by Gasteiger charge is -2.28. The minimum absolute atomic E-state index is 0.0724. The van der Waals surface area contributed by atoms with E-state index in [9.17, 15) is 32.8 Å². The SMILES string of the molecule is CCCN(CCC)[C@@H]1C[C@@H](C(=O)N[C@H](C#N)C[C@@H]2CCNC2=O)N(C(=O)COc2ccc(C(F)(F)F)cc2)C1. The van der Waals surface area contributed by atoms with Crippen molar-refractivity contribution in [2.24, 2.45) is 5.92 Å². The lowest BCUT2D eigenvalue weighted by atomic mass is 9.98.